The molecular formula is C14H20ClFN2. The second-order valence-corrected chi connectivity index (χ2v) is 5.61. The molecule has 1 unspecified atom stereocenters. The zero-order chi connectivity index (χ0) is 13.1. The van der Waals surface area contributed by atoms with Crippen LogP contribution in [0.5, 0.6) is 0 Å². The minimum absolute atomic E-state index is 0.200. The lowest BCUT2D eigenvalue weighted by Gasteiger charge is -2.28. The summed E-state index contributed by atoms with van der Waals surface area (Å²) in [5.41, 5.74) is 1.01. The largest absolute Gasteiger partial charge is 0.370 e. The number of hydrogen-bond donors (Lipinski definition) is 1. The first-order valence-electron chi connectivity index (χ1n) is 6.51. The fourth-order valence-electron chi connectivity index (χ4n) is 2.31. The van der Waals surface area contributed by atoms with E-state index in [0.29, 0.717) is 12.0 Å². The molecule has 4 heteroatoms. The number of benzene rings is 1. The predicted octanol–water partition coefficient (Wildman–Crippen LogP) is 3.30. The highest BCUT2D eigenvalue weighted by Gasteiger charge is 2.20. The average Bonchev–Trinajstić information content (AvgIpc) is 2.58. The number of halogens is 2. The van der Waals surface area contributed by atoms with Gasteiger partial charge in [0.1, 0.15) is 5.82 Å². The average molecular weight is 271 g/mol. The van der Waals surface area contributed by atoms with Gasteiger partial charge in [-0.2, -0.15) is 0 Å². The van der Waals surface area contributed by atoms with Gasteiger partial charge >= 0.3 is 0 Å². The first kappa shape index (κ1) is 13.6. The van der Waals surface area contributed by atoms with E-state index in [2.05, 4.69) is 24.1 Å². The minimum atomic E-state index is -0.353. The summed E-state index contributed by atoms with van der Waals surface area (Å²) in [5, 5.41) is 3.76. The molecule has 1 aromatic carbocycles. The van der Waals surface area contributed by atoms with Crippen LogP contribution in [0.1, 0.15) is 20.3 Å². The summed E-state index contributed by atoms with van der Waals surface area (Å²) >= 11 is 5.86. The Bertz CT molecular complexity index is 409. The van der Waals surface area contributed by atoms with E-state index in [-0.39, 0.29) is 10.8 Å². The van der Waals surface area contributed by atoms with Crippen LogP contribution in [0.15, 0.2) is 18.2 Å². The van der Waals surface area contributed by atoms with Crippen LogP contribution in [0, 0.1) is 11.7 Å². The number of nitrogens with one attached hydrogen (secondary N) is 1. The summed E-state index contributed by atoms with van der Waals surface area (Å²) in [4.78, 5) is 2.29. The van der Waals surface area contributed by atoms with Crippen molar-refractivity contribution >= 4 is 17.3 Å². The van der Waals surface area contributed by atoms with Crippen molar-refractivity contribution < 1.29 is 4.39 Å². The van der Waals surface area contributed by atoms with Crippen LogP contribution in [-0.2, 0) is 0 Å². The molecule has 0 saturated carbocycles. The first-order valence-corrected chi connectivity index (χ1v) is 6.89. The molecule has 1 N–H and O–H groups in total. The molecule has 1 heterocycles. The van der Waals surface area contributed by atoms with Gasteiger partial charge in [0.2, 0.25) is 0 Å². The number of anilines is 1. The van der Waals surface area contributed by atoms with Crippen molar-refractivity contribution in [3.05, 3.63) is 29.0 Å². The van der Waals surface area contributed by atoms with E-state index in [9.17, 15) is 4.39 Å². The molecule has 1 fully saturated rings. The molecule has 0 bridgehead atoms. The maximum atomic E-state index is 13.2. The quantitative estimate of drug-likeness (QED) is 0.887. The summed E-state index contributed by atoms with van der Waals surface area (Å²) in [5.74, 6) is 0.232. The van der Waals surface area contributed by atoms with Crippen molar-refractivity contribution in [3.63, 3.8) is 0 Å². The fourth-order valence-corrected chi connectivity index (χ4v) is 2.49. The lowest BCUT2D eigenvalue weighted by molar-refractivity contribution is 0.420. The Kier molecular flexibility index (Phi) is 4.46. The van der Waals surface area contributed by atoms with Gasteiger partial charge < -0.3 is 10.2 Å². The zero-order valence-electron chi connectivity index (χ0n) is 10.9. The summed E-state index contributed by atoms with van der Waals surface area (Å²) in [6, 6.07) is 5.44. The molecular weight excluding hydrogens is 251 g/mol. The molecule has 0 radical (unpaired) electrons. The van der Waals surface area contributed by atoms with E-state index in [1.54, 1.807) is 6.07 Å². The Morgan fingerprint density at radius 2 is 2.22 bits per heavy atom. The van der Waals surface area contributed by atoms with E-state index in [1.807, 2.05) is 6.07 Å². The predicted molar refractivity (Wildman–Crippen MR) is 74.9 cm³/mol. The van der Waals surface area contributed by atoms with E-state index >= 15 is 0 Å². The van der Waals surface area contributed by atoms with E-state index < -0.39 is 0 Å². The Morgan fingerprint density at radius 1 is 1.44 bits per heavy atom. The lowest BCUT2D eigenvalue weighted by Crippen LogP contribution is -2.41. The SMILES string of the molecule is CC(C)C1CN(c2ccc(F)c(Cl)c2)CCCN1. The molecule has 100 valence electrons. The van der Waals surface area contributed by atoms with Crippen molar-refractivity contribution in [3.8, 4) is 0 Å². The Morgan fingerprint density at radius 3 is 2.89 bits per heavy atom. The number of rotatable bonds is 2. The molecule has 2 rings (SSSR count). The molecule has 0 aromatic heterocycles. The van der Waals surface area contributed by atoms with Crippen molar-refractivity contribution in [2.24, 2.45) is 5.92 Å². The van der Waals surface area contributed by atoms with Gasteiger partial charge in [0.15, 0.2) is 0 Å². The monoisotopic (exact) mass is 270 g/mol. The maximum Gasteiger partial charge on any atom is 0.141 e. The Labute approximate surface area is 113 Å². The van der Waals surface area contributed by atoms with Gasteiger partial charge in [-0.3, -0.25) is 0 Å². The summed E-state index contributed by atoms with van der Waals surface area (Å²) in [7, 11) is 0. The second kappa shape index (κ2) is 5.89. The van der Waals surface area contributed by atoms with Crippen LogP contribution in [-0.4, -0.2) is 25.7 Å². The Hall–Kier alpha value is -0.800. The second-order valence-electron chi connectivity index (χ2n) is 5.20. The molecule has 1 aromatic rings. The van der Waals surface area contributed by atoms with Crippen molar-refractivity contribution in [1.82, 2.24) is 5.32 Å². The topological polar surface area (TPSA) is 15.3 Å². The van der Waals surface area contributed by atoms with Crippen molar-refractivity contribution in [1.29, 1.82) is 0 Å². The lowest BCUT2D eigenvalue weighted by atomic mass is 10.0. The molecule has 2 nitrogen and oxygen atoms in total. The van der Waals surface area contributed by atoms with Crippen LogP contribution in [0.25, 0.3) is 0 Å². The van der Waals surface area contributed by atoms with E-state index in [0.717, 1.165) is 31.7 Å². The van der Waals surface area contributed by atoms with E-state index in [1.165, 1.54) is 6.07 Å². The van der Waals surface area contributed by atoms with E-state index in [4.69, 9.17) is 11.6 Å². The highest BCUT2D eigenvalue weighted by molar-refractivity contribution is 6.31. The molecule has 1 aliphatic heterocycles. The standard InChI is InChI=1S/C14H20ClFN2/c1-10(2)14-9-18(7-3-6-17-14)11-4-5-13(16)12(15)8-11/h4-5,8,10,14,17H,3,6-7,9H2,1-2H3. The van der Waals surface area contributed by atoms with Crippen molar-refractivity contribution in [2.45, 2.75) is 26.3 Å². The van der Waals surface area contributed by atoms with Gasteiger partial charge in [-0.25, -0.2) is 4.39 Å². The minimum Gasteiger partial charge on any atom is -0.370 e. The number of hydrogen-bond acceptors (Lipinski definition) is 2. The highest BCUT2D eigenvalue weighted by atomic mass is 35.5. The first-order chi connectivity index (χ1) is 8.58. The smallest absolute Gasteiger partial charge is 0.141 e. The molecule has 0 aliphatic carbocycles. The number of nitrogens with zero attached hydrogens (tertiary/aromatic N) is 1. The molecule has 0 amide bonds. The summed E-state index contributed by atoms with van der Waals surface area (Å²) < 4.78 is 13.2. The molecule has 18 heavy (non-hydrogen) atoms. The molecule has 1 atom stereocenters. The van der Waals surface area contributed by atoms with Gasteiger partial charge in [-0.15, -0.1) is 0 Å². The van der Waals surface area contributed by atoms with Crippen LogP contribution < -0.4 is 10.2 Å². The molecule has 1 aliphatic rings. The van der Waals surface area contributed by atoms with Crippen molar-refractivity contribution in [2.75, 3.05) is 24.5 Å². The highest BCUT2D eigenvalue weighted by Crippen LogP contribution is 2.24. The van der Waals surface area contributed by atoms with Crippen LogP contribution >= 0.6 is 11.6 Å². The molecule has 1 saturated heterocycles. The summed E-state index contributed by atoms with van der Waals surface area (Å²) in [6.45, 7) is 7.41. The Balaban J connectivity index is 2.17. The van der Waals surface area contributed by atoms with Crippen LogP contribution in [0.2, 0.25) is 5.02 Å². The van der Waals surface area contributed by atoms with Crippen LogP contribution in [0.4, 0.5) is 10.1 Å². The third kappa shape index (κ3) is 3.15. The van der Waals surface area contributed by atoms with Crippen LogP contribution in [0.3, 0.4) is 0 Å². The van der Waals surface area contributed by atoms with Gasteiger partial charge in [0, 0.05) is 24.8 Å². The zero-order valence-corrected chi connectivity index (χ0v) is 11.7. The van der Waals surface area contributed by atoms with Gasteiger partial charge in [-0.05, 0) is 37.1 Å². The maximum absolute atomic E-state index is 13.2. The normalized spacial score (nSPS) is 21.2. The van der Waals surface area contributed by atoms with Gasteiger partial charge in [-0.1, -0.05) is 25.4 Å². The third-order valence-electron chi connectivity index (χ3n) is 3.50. The third-order valence-corrected chi connectivity index (χ3v) is 3.79. The molecule has 0 spiro atoms. The fraction of sp³-hybridized carbons (Fsp3) is 0.571. The van der Waals surface area contributed by atoms with Gasteiger partial charge in [0.05, 0.1) is 5.02 Å². The van der Waals surface area contributed by atoms with Gasteiger partial charge in [0.25, 0.3) is 0 Å². The summed E-state index contributed by atoms with van der Waals surface area (Å²) in [6.07, 6.45) is 1.10.